The molecule has 0 amide bonds. The van der Waals surface area contributed by atoms with Gasteiger partial charge in [-0.25, -0.2) is 21.6 Å². The minimum Gasteiger partial charge on any atom is -0.336 e. The van der Waals surface area contributed by atoms with Crippen molar-refractivity contribution in [2.24, 2.45) is 0 Å². The molecule has 0 aliphatic carbocycles. The summed E-state index contributed by atoms with van der Waals surface area (Å²) in [6.45, 7) is 1.47. The van der Waals surface area contributed by atoms with Crippen LogP contribution in [0.2, 0.25) is 0 Å². The minimum absolute atomic E-state index is 0.0130. The van der Waals surface area contributed by atoms with Crippen molar-refractivity contribution in [2.45, 2.75) is 11.8 Å². The van der Waals surface area contributed by atoms with Crippen molar-refractivity contribution >= 4 is 27.3 Å². The Morgan fingerprint density at radius 2 is 1.48 bits per heavy atom. The van der Waals surface area contributed by atoms with Gasteiger partial charge in [0, 0.05) is 6.07 Å². The van der Waals surface area contributed by atoms with Crippen LogP contribution >= 0.6 is 0 Å². The molecule has 3 rings (SSSR count). The van der Waals surface area contributed by atoms with Crippen molar-refractivity contribution in [2.75, 3.05) is 10.0 Å². The molecule has 0 spiro atoms. The average Bonchev–Trinajstić information content (AvgIpc) is 2.58. The zero-order chi connectivity index (χ0) is 19.6. The van der Waals surface area contributed by atoms with Gasteiger partial charge in [0.2, 0.25) is 0 Å². The van der Waals surface area contributed by atoms with Crippen LogP contribution in [0, 0.1) is 24.4 Å². The number of benzene rings is 2. The lowest BCUT2D eigenvalue weighted by Gasteiger charge is -2.10. The summed E-state index contributed by atoms with van der Waals surface area (Å²) in [4.78, 5) is -0.0960. The van der Waals surface area contributed by atoms with Crippen LogP contribution in [-0.2, 0) is 10.0 Å². The summed E-state index contributed by atoms with van der Waals surface area (Å²) in [5, 5.41) is 10.1. The topological polar surface area (TPSA) is 84.0 Å². The Labute approximate surface area is 153 Å². The van der Waals surface area contributed by atoms with Gasteiger partial charge in [0.15, 0.2) is 11.6 Å². The van der Waals surface area contributed by atoms with Crippen LogP contribution in [0.15, 0.2) is 53.4 Å². The van der Waals surface area contributed by atoms with Crippen LogP contribution in [-0.4, -0.2) is 18.6 Å². The van der Waals surface area contributed by atoms with Crippen molar-refractivity contribution in [3.8, 4) is 0 Å². The number of nitrogens with one attached hydrogen (secondary N) is 2. The van der Waals surface area contributed by atoms with Crippen LogP contribution in [0.3, 0.4) is 0 Å². The van der Waals surface area contributed by atoms with E-state index in [1.54, 1.807) is 0 Å². The molecule has 10 heteroatoms. The number of aromatic nitrogens is 2. The summed E-state index contributed by atoms with van der Waals surface area (Å²) in [6, 6.07) is 8.95. The predicted octanol–water partition coefficient (Wildman–Crippen LogP) is 3.75. The summed E-state index contributed by atoms with van der Waals surface area (Å²) in [7, 11) is -3.99. The molecule has 0 aliphatic rings. The highest BCUT2D eigenvalue weighted by atomic mass is 32.2. The van der Waals surface area contributed by atoms with Crippen LogP contribution in [0.4, 0.5) is 30.5 Å². The predicted molar refractivity (Wildman–Crippen MR) is 93.6 cm³/mol. The molecule has 0 radical (unpaired) electrons. The summed E-state index contributed by atoms with van der Waals surface area (Å²) in [5.74, 6) is -2.03. The summed E-state index contributed by atoms with van der Waals surface area (Å²) in [5.41, 5.74) is 0.224. The van der Waals surface area contributed by atoms with Crippen molar-refractivity contribution in [1.82, 2.24) is 10.2 Å². The number of aryl methyl sites for hydroxylation is 1. The maximum absolute atomic E-state index is 13.6. The Morgan fingerprint density at radius 1 is 0.852 bits per heavy atom. The first-order chi connectivity index (χ1) is 12.7. The molecule has 0 unspecified atom stereocenters. The Hall–Kier alpha value is -3.14. The number of halogens is 3. The second-order valence-corrected chi connectivity index (χ2v) is 7.22. The van der Waals surface area contributed by atoms with Crippen molar-refractivity contribution in [3.63, 3.8) is 0 Å². The van der Waals surface area contributed by atoms with Crippen LogP contribution in [0.25, 0.3) is 0 Å². The number of rotatable bonds is 5. The highest BCUT2D eigenvalue weighted by molar-refractivity contribution is 7.92. The van der Waals surface area contributed by atoms with E-state index in [0.717, 1.165) is 24.3 Å². The van der Waals surface area contributed by atoms with Gasteiger partial charge in [0.25, 0.3) is 10.0 Å². The molecule has 0 saturated heterocycles. The SMILES string of the molecule is Cc1cc(F)ccc1S(=O)(=O)Nc1ccc(Nc2ccc(F)cc2F)nn1. The molecular formula is C17H13F3N4O2S. The van der Waals surface area contributed by atoms with Crippen molar-refractivity contribution in [1.29, 1.82) is 0 Å². The van der Waals surface area contributed by atoms with Gasteiger partial charge in [-0.15, -0.1) is 10.2 Å². The molecule has 0 aliphatic heterocycles. The first kappa shape index (κ1) is 18.6. The van der Waals surface area contributed by atoms with Gasteiger partial charge in [-0.2, -0.15) is 0 Å². The zero-order valence-electron chi connectivity index (χ0n) is 13.9. The van der Waals surface area contributed by atoms with Gasteiger partial charge in [-0.05, 0) is 55.0 Å². The maximum atomic E-state index is 13.6. The fourth-order valence-electron chi connectivity index (χ4n) is 2.29. The minimum atomic E-state index is -3.99. The van der Waals surface area contributed by atoms with Gasteiger partial charge in [0.05, 0.1) is 10.6 Å². The first-order valence-electron chi connectivity index (χ1n) is 7.59. The van der Waals surface area contributed by atoms with Crippen LogP contribution < -0.4 is 10.0 Å². The molecule has 0 saturated carbocycles. The van der Waals surface area contributed by atoms with Gasteiger partial charge < -0.3 is 5.32 Å². The molecule has 6 nitrogen and oxygen atoms in total. The Kier molecular flexibility index (Phi) is 5.00. The highest BCUT2D eigenvalue weighted by Crippen LogP contribution is 2.21. The molecule has 27 heavy (non-hydrogen) atoms. The molecule has 0 fully saturated rings. The first-order valence-corrected chi connectivity index (χ1v) is 9.08. The number of anilines is 3. The van der Waals surface area contributed by atoms with E-state index in [2.05, 4.69) is 20.2 Å². The third-order valence-corrected chi connectivity index (χ3v) is 5.04. The van der Waals surface area contributed by atoms with E-state index >= 15 is 0 Å². The lowest BCUT2D eigenvalue weighted by Crippen LogP contribution is -2.15. The van der Waals surface area contributed by atoms with Gasteiger partial charge in [-0.1, -0.05) is 0 Å². The van der Waals surface area contributed by atoms with Crippen molar-refractivity contribution < 1.29 is 21.6 Å². The van der Waals surface area contributed by atoms with Gasteiger partial charge >= 0.3 is 0 Å². The second kappa shape index (κ2) is 7.23. The summed E-state index contributed by atoms with van der Waals surface area (Å²) in [6.07, 6.45) is 0. The van der Waals surface area contributed by atoms with E-state index in [1.807, 2.05) is 0 Å². The Morgan fingerprint density at radius 3 is 2.11 bits per heavy atom. The average molecular weight is 394 g/mol. The molecule has 1 heterocycles. The Balaban J connectivity index is 1.77. The lowest BCUT2D eigenvalue weighted by molar-refractivity contribution is 0.586. The van der Waals surface area contributed by atoms with E-state index < -0.39 is 27.5 Å². The van der Waals surface area contributed by atoms with E-state index in [1.165, 1.54) is 25.1 Å². The number of sulfonamides is 1. The molecule has 1 aromatic heterocycles. The third kappa shape index (κ3) is 4.34. The van der Waals surface area contributed by atoms with Crippen LogP contribution in [0.1, 0.15) is 5.56 Å². The number of hydrogen-bond donors (Lipinski definition) is 2. The van der Waals surface area contributed by atoms with Gasteiger partial charge in [-0.3, -0.25) is 4.72 Å². The van der Waals surface area contributed by atoms with E-state index in [-0.39, 0.29) is 27.8 Å². The zero-order valence-corrected chi connectivity index (χ0v) is 14.7. The number of nitrogens with zero attached hydrogens (tertiary/aromatic N) is 2. The summed E-state index contributed by atoms with van der Waals surface area (Å²) < 4.78 is 66.7. The molecule has 140 valence electrons. The molecule has 0 atom stereocenters. The second-order valence-electron chi connectivity index (χ2n) is 5.57. The smallest absolute Gasteiger partial charge is 0.263 e. The maximum Gasteiger partial charge on any atom is 0.263 e. The van der Waals surface area contributed by atoms with E-state index in [0.29, 0.717) is 6.07 Å². The highest BCUT2D eigenvalue weighted by Gasteiger charge is 2.18. The third-order valence-electron chi connectivity index (χ3n) is 3.52. The quantitative estimate of drug-likeness (QED) is 0.689. The molecule has 2 aromatic carbocycles. The fourth-order valence-corrected chi connectivity index (χ4v) is 3.51. The fraction of sp³-hybridized carbons (Fsp3) is 0.0588. The van der Waals surface area contributed by atoms with Gasteiger partial charge in [0.1, 0.15) is 17.5 Å². The molecule has 0 bridgehead atoms. The van der Waals surface area contributed by atoms with Crippen LogP contribution in [0.5, 0.6) is 0 Å². The lowest BCUT2D eigenvalue weighted by atomic mass is 10.2. The molecule has 3 aromatic rings. The Bertz CT molecular complexity index is 1090. The molecular weight excluding hydrogens is 381 g/mol. The largest absolute Gasteiger partial charge is 0.336 e. The van der Waals surface area contributed by atoms with E-state index in [9.17, 15) is 21.6 Å². The monoisotopic (exact) mass is 394 g/mol. The normalized spacial score (nSPS) is 11.3. The van der Waals surface area contributed by atoms with Crippen molar-refractivity contribution in [3.05, 3.63) is 71.5 Å². The number of hydrogen-bond acceptors (Lipinski definition) is 5. The molecule has 2 N–H and O–H groups in total. The summed E-state index contributed by atoms with van der Waals surface area (Å²) >= 11 is 0. The van der Waals surface area contributed by atoms with E-state index in [4.69, 9.17) is 0 Å². The standard InChI is InChI=1S/C17H13F3N4O2S/c1-10-8-11(18)3-5-15(10)27(25,26)24-17-7-6-16(22-23-17)21-14-4-2-12(19)9-13(14)20/h2-9H,1H3,(H,21,22)(H,23,24).